The van der Waals surface area contributed by atoms with Crippen molar-refractivity contribution in [2.75, 3.05) is 26.2 Å². The topological polar surface area (TPSA) is 57.7 Å². The van der Waals surface area contributed by atoms with Gasteiger partial charge in [0.2, 0.25) is 15.9 Å². The first-order chi connectivity index (χ1) is 13.5. The molecule has 0 bridgehead atoms. The van der Waals surface area contributed by atoms with Crippen LogP contribution in [-0.2, 0) is 14.8 Å². The van der Waals surface area contributed by atoms with Crippen LogP contribution in [0, 0.1) is 45.4 Å². The summed E-state index contributed by atoms with van der Waals surface area (Å²) in [5.41, 5.74) is 3.68. The van der Waals surface area contributed by atoms with E-state index in [-0.39, 0.29) is 11.8 Å². The first-order valence-electron chi connectivity index (χ1n) is 10.9. The lowest BCUT2D eigenvalue weighted by Gasteiger charge is -2.39. The number of aryl methyl sites for hydroxylation is 2. The van der Waals surface area contributed by atoms with Crippen molar-refractivity contribution in [3.63, 3.8) is 0 Å². The number of amides is 1. The van der Waals surface area contributed by atoms with Crippen LogP contribution in [-0.4, -0.2) is 49.7 Å². The average Bonchev–Trinajstić information content (AvgIpc) is 2.65. The van der Waals surface area contributed by atoms with E-state index in [1.165, 1.54) is 6.42 Å². The summed E-state index contributed by atoms with van der Waals surface area (Å²) in [6.07, 6.45) is 2.40. The highest BCUT2D eigenvalue weighted by molar-refractivity contribution is 7.89. The van der Waals surface area contributed by atoms with Gasteiger partial charge in [0.1, 0.15) is 0 Å². The molecule has 2 atom stereocenters. The molecule has 1 amide bonds. The molecule has 0 N–H and O–H groups in total. The zero-order valence-electron chi connectivity index (χ0n) is 18.8. The first kappa shape index (κ1) is 22.3. The van der Waals surface area contributed by atoms with Crippen LogP contribution in [0.2, 0.25) is 0 Å². The first-order valence-corrected chi connectivity index (χ1v) is 12.3. The Bertz CT molecular complexity index is 850. The molecular weight excluding hydrogens is 384 g/mol. The van der Waals surface area contributed by atoms with Crippen molar-refractivity contribution in [2.24, 2.45) is 17.8 Å². The summed E-state index contributed by atoms with van der Waals surface area (Å²) in [5.74, 6) is 1.25. The van der Waals surface area contributed by atoms with Gasteiger partial charge in [-0.25, -0.2) is 8.42 Å². The Labute approximate surface area is 176 Å². The maximum Gasteiger partial charge on any atom is 0.243 e. The van der Waals surface area contributed by atoms with E-state index in [0.717, 1.165) is 35.3 Å². The van der Waals surface area contributed by atoms with Crippen molar-refractivity contribution in [3.05, 3.63) is 28.3 Å². The summed E-state index contributed by atoms with van der Waals surface area (Å²) in [5, 5.41) is 0. The molecule has 162 valence electrons. The molecule has 29 heavy (non-hydrogen) atoms. The number of benzene rings is 1. The Morgan fingerprint density at radius 2 is 1.41 bits per heavy atom. The predicted octanol–water partition coefficient (Wildman–Crippen LogP) is 3.83. The molecule has 2 aliphatic rings. The van der Waals surface area contributed by atoms with Crippen molar-refractivity contribution in [3.8, 4) is 0 Å². The number of rotatable bonds is 3. The number of piperidine rings is 2. The van der Waals surface area contributed by atoms with E-state index < -0.39 is 10.0 Å². The Morgan fingerprint density at radius 1 is 0.931 bits per heavy atom. The SMILES string of the molecule is Cc1cc(C)c(C)c(S(=O)(=O)N2CCC(C(=O)N3C[C@H](C)C[C@@H](C)C3)CC2)c1C. The third-order valence-corrected chi connectivity index (χ3v) is 9.05. The van der Waals surface area contributed by atoms with Gasteiger partial charge in [0.05, 0.1) is 4.90 Å². The van der Waals surface area contributed by atoms with E-state index in [4.69, 9.17) is 0 Å². The minimum atomic E-state index is -3.55. The molecule has 0 aromatic heterocycles. The van der Waals surface area contributed by atoms with E-state index in [9.17, 15) is 13.2 Å². The van der Waals surface area contributed by atoms with Gasteiger partial charge < -0.3 is 4.90 Å². The zero-order valence-corrected chi connectivity index (χ0v) is 19.6. The molecule has 1 aromatic carbocycles. The lowest BCUT2D eigenvalue weighted by atomic mass is 9.89. The summed E-state index contributed by atoms with van der Waals surface area (Å²) in [4.78, 5) is 15.5. The third-order valence-electron chi connectivity index (χ3n) is 6.88. The van der Waals surface area contributed by atoms with Crippen molar-refractivity contribution in [2.45, 2.75) is 65.7 Å². The number of hydrogen-bond acceptors (Lipinski definition) is 3. The van der Waals surface area contributed by atoms with Gasteiger partial charge in [-0.1, -0.05) is 19.9 Å². The van der Waals surface area contributed by atoms with Crippen LogP contribution < -0.4 is 0 Å². The van der Waals surface area contributed by atoms with Crippen LogP contribution in [0.1, 0.15) is 55.4 Å². The summed E-state index contributed by atoms with van der Waals surface area (Å²) in [6, 6.07) is 2.05. The monoisotopic (exact) mass is 420 g/mol. The standard InChI is InChI=1S/C23H36N2O3S/c1-15-11-16(2)14-24(13-15)23(26)21-7-9-25(10-8-21)29(27,28)22-19(5)17(3)12-18(4)20(22)6/h12,15-16,21H,7-11,13-14H2,1-6H3/t15-,16-/m1/s1. The van der Waals surface area contributed by atoms with Gasteiger partial charge >= 0.3 is 0 Å². The summed E-state index contributed by atoms with van der Waals surface area (Å²) >= 11 is 0. The molecule has 2 saturated heterocycles. The Balaban J connectivity index is 1.73. The van der Waals surface area contributed by atoms with Crippen LogP contribution in [0.5, 0.6) is 0 Å². The largest absolute Gasteiger partial charge is 0.342 e. The number of nitrogens with zero attached hydrogens (tertiary/aromatic N) is 2. The highest BCUT2D eigenvalue weighted by atomic mass is 32.2. The van der Waals surface area contributed by atoms with Gasteiger partial charge in [-0.05, 0) is 81.0 Å². The number of sulfonamides is 1. The predicted molar refractivity (Wildman–Crippen MR) is 116 cm³/mol. The minimum Gasteiger partial charge on any atom is -0.342 e. The quantitative estimate of drug-likeness (QED) is 0.747. The number of likely N-dealkylation sites (tertiary alicyclic amines) is 1. The number of carbonyl (C=O) groups is 1. The minimum absolute atomic E-state index is 0.0552. The number of hydrogen-bond donors (Lipinski definition) is 0. The lowest BCUT2D eigenvalue weighted by molar-refractivity contribution is -0.139. The van der Waals surface area contributed by atoms with Crippen LogP contribution in [0.4, 0.5) is 0 Å². The molecule has 0 unspecified atom stereocenters. The fourth-order valence-corrected chi connectivity index (χ4v) is 7.19. The zero-order chi connectivity index (χ0) is 21.5. The lowest BCUT2D eigenvalue weighted by Crippen LogP contribution is -2.48. The van der Waals surface area contributed by atoms with E-state index in [0.29, 0.717) is 42.7 Å². The normalized spacial score (nSPS) is 24.7. The molecule has 5 nitrogen and oxygen atoms in total. The van der Waals surface area contributed by atoms with Gasteiger partial charge in [-0.3, -0.25) is 4.79 Å². The second-order valence-corrected chi connectivity index (χ2v) is 11.3. The fraction of sp³-hybridized carbons (Fsp3) is 0.696. The van der Waals surface area contributed by atoms with E-state index in [2.05, 4.69) is 19.9 Å². The summed E-state index contributed by atoms with van der Waals surface area (Å²) < 4.78 is 28.4. The van der Waals surface area contributed by atoms with Crippen molar-refractivity contribution >= 4 is 15.9 Å². The third kappa shape index (κ3) is 4.38. The second-order valence-electron chi connectivity index (χ2n) is 9.46. The fourth-order valence-electron chi connectivity index (χ4n) is 5.14. The van der Waals surface area contributed by atoms with Gasteiger partial charge in [0.15, 0.2) is 0 Å². The molecule has 0 spiro atoms. The highest BCUT2D eigenvalue weighted by Crippen LogP contribution is 2.32. The molecule has 2 fully saturated rings. The number of carbonyl (C=O) groups excluding carboxylic acids is 1. The van der Waals surface area contributed by atoms with Crippen LogP contribution >= 0.6 is 0 Å². The smallest absolute Gasteiger partial charge is 0.243 e. The van der Waals surface area contributed by atoms with E-state index in [1.807, 2.05) is 32.6 Å². The Kier molecular flexibility index (Phi) is 6.44. The van der Waals surface area contributed by atoms with Crippen molar-refractivity contribution < 1.29 is 13.2 Å². The molecule has 0 saturated carbocycles. The van der Waals surface area contributed by atoms with Gasteiger partial charge in [-0.15, -0.1) is 0 Å². The van der Waals surface area contributed by atoms with E-state index in [1.54, 1.807) is 4.31 Å². The molecule has 2 heterocycles. The second kappa shape index (κ2) is 8.38. The maximum absolute atomic E-state index is 13.4. The Hall–Kier alpha value is -1.40. The van der Waals surface area contributed by atoms with Crippen molar-refractivity contribution in [1.29, 1.82) is 0 Å². The Morgan fingerprint density at radius 3 is 1.90 bits per heavy atom. The molecule has 0 aliphatic carbocycles. The molecule has 6 heteroatoms. The maximum atomic E-state index is 13.4. The molecule has 1 aromatic rings. The van der Waals surface area contributed by atoms with E-state index >= 15 is 0 Å². The van der Waals surface area contributed by atoms with Crippen LogP contribution in [0.3, 0.4) is 0 Å². The molecule has 0 radical (unpaired) electrons. The molecule has 3 rings (SSSR count). The highest BCUT2D eigenvalue weighted by Gasteiger charge is 2.36. The average molecular weight is 421 g/mol. The van der Waals surface area contributed by atoms with Crippen LogP contribution in [0.25, 0.3) is 0 Å². The van der Waals surface area contributed by atoms with Crippen molar-refractivity contribution in [1.82, 2.24) is 9.21 Å². The van der Waals surface area contributed by atoms with Gasteiger partial charge in [-0.2, -0.15) is 4.31 Å². The summed E-state index contributed by atoms with van der Waals surface area (Å²) in [6.45, 7) is 14.6. The van der Waals surface area contributed by atoms with Gasteiger partial charge in [0.25, 0.3) is 0 Å². The molecule has 2 aliphatic heterocycles. The van der Waals surface area contributed by atoms with Gasteiger partial charge in [0, 0.05) is 32.1 Å². The summed E-state index contributed by atoms with van der Waals surface area (Å²) in [7, 11) is -3.55. The van der Waals surface area contributed by atoms with Crippen LogP contribution in [0.15, 0.2) is 11.0 Å². The molecular formula is C23H36N2O3S.